The number of rotatable bonds is 13. The first kappa shape index (κ1) is 45.9. The number of carbonyl (C=O) groups is 6. The second-order valence-electron chi connectivity index (χ2n) is 12.9. The van der Waals surface area contributed by atoms with Crippen molar-refractivity contribution in [2.45, 2.75) is 47.7 Å². The summed E-state index contributed by atoms with van der Waals surface area (Å²) in [5, 5.41) is 0. The molecule has 304 valence electrons. The van der Waals surface area contributed by atoms with Gasteiger partial charge in [0.25, 0.3) is 0 Å². The minimum Gasteiger partial charge on any atom is -0.423 e. The number of alkyl halides is 3. The van der Waals surface area contributed by atoms with Crippen LogP contribution in [0.15, 0.2) is 109 Å². The van der Waals surface area contributed by atoms with E-state index in [0.29, 0.717) is 0 Å². The zero-order chi connectivity index (χ0) is 44.5. The van der Waals surface area contributed by atoms with Crippen molar-refractivity contribution in [3.05, 3.63) is 143 Å². The third kappa shape index (κ3) is 12.0. The van der Waals surface area contributed by atoms with Gasteiger partial charge in [-0.25, -0.2) is 24.0 Å². The van der Waals surface area contributed by atoms with Crippen molar-refractivity contribution in [2.24, 2.45) is 0 Å². The molecule has 0 fully saturated rings. The van der Waals surface area contributed by atoms with Crippen molar-refractivity contribution in [1.82, 2.24) is 0 Å². The average molecular weight is 811 g/mol. The van der Waals surface area contributed by atoms with Crippen LogP contribution in [0.3, 0.4) is 0 Å². The van der Waals surface area contributed by atoms with Gasteiger partial charge in [0.15, 0.2) is 23.0 Å². The second-order valence-corrected chi connectivity index (χ2v) is 12.9. The monoisotopic (exact) mass is 810 g/mol. The summed E-state index contributed by atoms with van der Waals surface area (Å²) >= 11 is 0. The van der Waals surface area contributed by atoms with E-state index < -0.39 is 75.6 Å². The molecule has 11 nitrogen and oxygen atoms in total. The molecule has 0 aliphatic rings. The van der Waals surface area contributed by atoms with E-state index in [9.17, 15) is 28.8 Å². The highest BCUT2D eigenvalue weighted by Crippen LogP contribution is 2.47. The van der Waals surface area contributed by atoms with Gasteiger partial charge in [0, 0.05) is 56.2 Å². The van der Waals surface area contributed by atoms with E-state index in [0.717, 1.165) is 25.1 Å². The molecule has 0 bridgehead atoms. The summed E-state index contributed by atoms with van der Waals surface area (Å²) in [4.78, 5) is 76.0. The SMILES string of the molecule is C=C(C)C(=O)Oc1cccc(C(=O)C=Cc2c(OC(=O)C(=C)C)c(C)c(C#Cc3ccc(OC(=O)C(=C)C)c(OC(=O)C(=C)C)c3)c(C(F)(F)F)c2OC(=O)C(=C)C)c1. The van der Waals surface area contributed by atoms with Gasteiger partial charge in [-0.2, -0.15) is 13.2 Å². The Morgan fingerprint density at radius 1 is 0.610 bits per heavy atom. The van der Waals surface area contributed by atoms with Gasteiger partial charge in [-0.3, -0.25) is 4.79 Å². The fraction of sp³-hybridized carbons (Fsp3) is 0.156. The minimum atomic E-state index is -5.33. The third-order valence-electron chi connectivity index (χ3n) is 7.51. The van der Waals surface area contributed by atoms with Crippen molar-refractivity contribution in [3.8, 4) is 40.6 Å². The number of esters is 5. The highest BCUT2D eigenvalue weighted by Gasteiger charge is 2.42. The van der Waals surface area contributed by atoms with Gasteiger partial charge in [0.05, 0.1) is 5.56 Å². The molecular weight excluding hydrogens is 773 g/mol. The van der Waals surface area contributed by atoms with Gasteiger partial charge < -0.3 is 23.7 Å². The Morgan fingerprint density at radius 3 is 1.63 bits per heavy atom. The van der Waals surface area contributed by atoms with E-state index in [-0.39, 0.29) is 56.2 Å². The van der Waals surface area contributed by atoms with Gasteiger partial charge in [0.2, 0.25) is 0 Å². The Bertz CT molecular complexity index is 2470. The van der Waals surface area contributed by atoms with E-state index >= 15 is 13.2 Å². The molecule has 0 unspecified atom stereocenters. The lowest BCUT2D eigenvalue weighted by atomic mass is 9.93. The van der Waals surface area contributed by atoms with Crippen LogP contribution in [-0.2, 0) is 30.1 Å². The molecule has 0 aromatic heterocycles. The number of carbonyl (C=O) groups excluding carboxylic acids is 6. The van der Waals surface area contributed by atoms with Crippen LogP contribution < -0.4 is 23.7 Å². The molecule has 3 aromatic carbocycles. The smallest absolute Gasteiger partial charge is 0.421 e. The lowest BCUT2D eigenvalue weighted by Crippen LogP contribution is -2.19. The van der Waals surface area contributed by atoms with Crippen molar-refractivity contribution in [2.75, 3.05) is 0 Å². The Hall–Kier alpha value is -7.53. The maximum atomic E-state index is 15.3. The summed E-state index contributed by atoms with van der Waals surface area (Å²) in [6, 6.07) is 8.83. The molecule has 0 heterocycles. The maximum absolute atomic E-state index is 15.3. The van der Waals surface area contributed by atoms with E-state index in [4.69, 9.17) is 23.7 Å². The number of allylic oxidation sites excluding steroid dienone is 1. The largest absolute Gasteiger partial charge is 0.423 e. The Labute approximate surface area is 337 Å². The lowest BCUT2D eigenvalue weighted by Gasteiger charge is -2.22. The van der Waals surface area contributed by atoms with Gasteiger partial charge in [-0.15, -0.1) is 0 Å². The van der Waals surface area contributed by atoms with Gasteiger partial charge in [-0.05, 0) is 78.0 Å². The number of ketones is 1. The first-order valence-corrected chi connectivity index (χ1v) is 17.1. The number of ether oxygens (including phenoxy) is 5. The number of benzene rings is 3. The van der Waals surface area contributed by atoms with Crippen LogP contribution in [0.25, 0.3) is 6.08 Å². The van der Waals surface area contributed by atoms with Crippen LogP contribution in [0.4, 0.5) is 13.2 Å². The van der Waals surface area contributed by atoms with Crippen molar-refractivity contribution < 1.29 is 65.6 Å². The van der Waals surface area contributed by atoms with E-state index in [1.807, 2.05) is 0 Å². The number of halogens is 3. The Kier molecular flexibility index (Phi) is 14.8. The molecule has 0 amide bonds. The molecule has 0 atom stereocenters. The summed E-state index contributed by atoms with van der Waals surface area (Å²) in [5.41, 5.74) is -4.07. The number of hydrogen-bond acceptors (Lipinski definition) is 11. The number of hydrogen-bond donors (Lipinski definition) is 0. The van der Waals surface area contributed by atoms with E-state index in [1.165, 1.54) is 71.0 Å². The van der Waals surface area contributed by atoms with E-state index in [2.05, 4.69) is 44.7 Å². The fourth-order valence-electron chi connectivity index (χ4n) is 4.45. The molecule has 0 aliphatic heterocycles. The highest BCUT2D eigenvalue weighted by molar-refractivity contribution is 6.08. The first-order valence-electron chi connectivity index (χ1n) is 17.1. The minimum absolute atomic E-state index is 0.00553. The summed E-state index contributed by atoms with van der Waals surface area (Å²) in [6.45, 7) is 25.2. The van der Waals surface area contributed by atoms with Crippen LogP contribution in [0.1, 0.15) is 72.8 Å². The summed E-state index contributed by atoms with van der Waals surface area (Å²) in [5.74, 6) is -3.28. The lowest BCUT2D eigenvalue weighted by molar-refractivity contribution is -0.141. The zero-order valence-corrected chi connectivity index (χ0v) is 32.9. The molecule has 0 N–H and O–H groups in total. The summed E-state index contributed by atoms with van der Waals surface area (Å²) in [6.07, 6.45) is -3.65. The molecule has 0 saturated carbocycles. The Balaban J connectivity index is 2.41. The standard InChI is InChI=1S/C45H37F3O11/c1-23(2)40(50)55-31-14-12-13-30(22-31)34(49)19-18-33-38(58-43(53)26(7)8)28(11)32(37(45(46,47)48)39(33)59-44(54)27(9)10)17-15-29-16-20-35(56-41(51)24(3)4)36(21-29)57-42(52)25(5)6/h12-14,16,18-22H,1,3,5,7,9H2,2,4,6,8,10-11H3. The average Bonchev–Trinajstić information content (AvgIpc) is 3.14. The molecule has 0 spiro atoms. The van der Waals surface area contributed by atoms with Gasteiger partial charge >= 0.3 is 36.0 Å². The zero-order valence-electron chi connectivity index (χ0n) is 32.9. The fourth-order valence-corrected chi connectivity index (χ4v) is 4.45. The molecular formula is C45H37F3O11. The molecule has 0 aliphatic carbocycles. The molecule has 0 saturated heterocycles. The summed E-state index contributed by atoms with van der Waals surface area (Å²) < 4.78 is 72.4. The van der Waals surface area contributed by atoms with Crippen molar-refractivity contribution in [1.29, 1.82) is 0 Å². The predicted octanol–water partition coefficient (Wildman–Crippen LogP) is 8.72. The van der Waals surface area contributed by atoms with Crippen molar-refractivity contribution in [3.63, 3.8) is 0 Å². The quantitative estimate of drug-likeness (QED) is 0.0537. The normalized spacial score (nSPS) is 10.7. The van der Waals surface area contributed by atoms with Crippen LogP contribution in [0.2, 0.25) is 0 Å². The highest BCUT2D eigenvalue weighted by atomic mass is 19.4. The van der Waals surface area contributed by atoms with Crippen LogP contribution >= 0.6 is 0 Å². The van der Waals surface area contributed by atoms with Crippen LogP contribution in [-0.4, -0.2) is 35.6 Å². The molecule has 14 heteroatoms. The van der Waals surface area contributed by atoms with E-state index in [1.54, 1.807) is 0 Å². The maximum Gasteiger partial charge on any atom is 0.421 e. The first-order chi connectivity index (χ1) is 27.4. The van der Waals surface area contributed by atoms with Gasteiger partial charge in [0.1, 0.15) is 17.1 Å². The van der Waals surface area contributed by atoms with Crippen molar-refractivity contribution >= 4 is 41.7 Å². The predicted molar refractivity (Wildman–Crippen MR) is 211 cm³/mol. The molecule has 0 radical (unpaired) electrons. The second kappa shape index (κ2) is 19.1. The topological polar surface area (TPSA) is 149 Å². The van der Waals surface area contributed by atoms with Gasteiger partial charge in [-0.1, -0.05) is 56.9 Å². The van der Waals surface area contributed by atoms with Crippen LogP contribution in [0.5, 0.6) is 28.7 Å². The molecule has 3 aromatic rings. The molecule has 59 heavy (non-hydrogen) atoms. The van der Waals surface area contributed by atoms with Crippen LogP contribution in [0, 0.1) is 18.8 Å². The molecule has 3 rings (SSSR count). The third-order valence-corrected chi connectivity index (χ3v) is 7.51. The summed E-state index contributed by atoms with van der Waals surface area (Å²) in [7, 11) is 0. The Morgan fingerprint density at radius 2 is 1.10 bits per heavy atom.